The summed E-state index contributed by atoms with van der Waals surface area (Å²) in [4.78, 5) is 0. The van der Waals surface area contributed by atoms with Gasteiger partial charge in [-0.15, -0.1) is 0 Å². The van der Waals surface area contributed by atoms with Crippen molar-refractivity contribution in [2.75, 3.05) is 0 Å². The van der Waals surface area contributed by atoms with Gasteiger partial charge in [0.15, 0.2) is 17.2 Å². The molecular weight excluding hydrogens is 407 g/mol. The molecule has 1 unspecified atom stereocenters. The average Bonchev–Trinajstić information content (AvgIpc) is 3.38. The van der Waals surface area contributed by atoms with Crippen molar-refractivity contribution in [1.29, 1.82) is 0 Å². The third-order valence-electron chi connectivity index (χ3n) is 5.57. The lowest BCUT2D eigenvalue weighted by atomic mass is 9.86. The van der Waals surface area contributed by atoms with Gasteiger partial charge in [-0.2, -0.15) is 13.2 Å². The summed E-state index contributed by atoms with van der Waals surface area (Å²) in [5.41, 5.74) is 8.92. The van der Waals surface area contributed by atoms with Gasteiger partial charge in [0.1, 0.15) is 11.3 Å². The van der Waals surface area contributed by atoms with Gasteiger partial charge in [0, 0.05) is 22.7 Å². The highest BCUT2D eigenvalue weighted by molar-refractivity contribution is 5.79. The first-order valence-corrected chi connectivity index (χ1v) is 9.84. The number of alkyl halides is 3. The molecule has 1 atom stereocenters. The van der Waals surface area contributed by atoms with E-state index in [0.29, 0.717) is 24.1 Å². The van der Waals surface area contributed by atoms with E-state index in [1.54, 1.807) is 30.3 Å². The Morgan fingerprint density at radius 3 is 2.35 bits per heavy atom. The van der Waals surface area contributed by atoms with Crippen LogP contribution in [-0.2, 0) is 19.0 Å². The molecule has 2 heterocycles. The summed E-state index contributed by atoms with van der Waals surface area (Å²) in [6.45, 7) is 1.90. The lowest BCUT2D eigenvalue weighted by molar-refractivity contribution is -0.136. The van der Waals surface area contributed by atoms with Gasteiger partial charge in [-0.05, 0) is 30.9 Å². The first-order chi connectivity index (χ1) is 14.8. The van der Waals surface area contributed by atoms with E-state index in [-0.39, 0.29) is 28.8 Å². The first-order valence-electron chi connectivity index (χ1n) is 9.84. The van der Waals surface area contributed by atoms with Gasteiger partial charge >= 0.3 is 6.18 Å². The minimum atomic E-state index is -4.68. The minimum absolute atomic E-state index is 0.00447. The number of benzene rings is 2. The summed E-state index contributed by atoms with van der Waals surface area (Å²) in [6.07, 6.45) is -3.56. The summed E-state index contributed by atoms with van der Waals surface area (Å²) in [5, 5.41) is 7.86. The molecule has 1 aliphatic carbocycles. The Hall–Kier alpha value is -3.39. The van der Waals surface area contributed by atoms with Gasteiger partial charge in [0.25, 0.3) is 0 Å². The lowest BCUT2D eigenvalue weighted by Crippen LogP contribution is -2.10. The van der Waals surface area contributed by atoms with Crippen LogP contribution >= 0.6 is 0 Å². The summed E-state index contributed by atoms with van der Waals surface area (Å²) < 4.78 is 52.7. The summed E-state index contributed by atoms with van der Waals surface area (Å²) >= 11 is 0. The zero-order valence-electron chi connectivity index (χ0n) is 16.5. The molecule has 0 fully saturated rings. The van der Waals surface area contributed by atoms with Gasteiger partial charge < -0.3 is 14.8 Å². The molecule has 5 nitrogen and oxygen atoms in total. The Balaban J connectivity index is 1.65. The average molecular weight is 425 g/mol. The van der Waals surface area contributed by atoms with E-state index in [2.05, 4.69) is 10.3 Å². The van der Waals surface area contributed by atoms with Crippen LogP contribution in [0.5, 0.6) is 0 Å². The monoisotopic (exact) mass is 425 g/mol. The zero-order valence-corrected chi connectivity index (χ0v) is 16.5. The molecule has 158 valence electrons. The Morgan fingerprint density at radius 1 is 0.935 bits per heavy atom. The largest absolute Gasteiger partial charge is 0.422 e. The molecule has 0 amide bonds. The lowest BCUT2D eigenvalue weighted by Gasteiger charge is -2.17. The fourth-order valence-electron chi connectivity index (χ4n) is 4.03. The molecule has 0 saturated carbocycles. The van der Waals surface area contributed by atoms with Crippen LogP contribution in [-0.4, -0.2) is 10.3 Å². The quantitative estimate of drug-likeness (QED) is 0.449. The second kappa shape index (κ2) is 7.09. The second-order valence-electron chi connectivity index (χ2n) is 7.64. The van der Waals surface area contributed by atoms with Gasteiger partial charge in [-0.3, -0.25) is 0 Å². The van der Waals surface area contributed by atoms with Crippen LogP contribution in [0.3, 0.4) is 0 Å². The van der Waals surface area contributed by atoms with Crippen molar-refractivity contribution in [2.45, 2.75) is 32.0 Å². The summed E-state index contributed by atoms with van der Waals surface area (Å²) in [7, 11) is 0. The van der Waals surface area contributed by atoms with E-state index in [4.69, 9.17) is 14.8 Å². The molecule has 31 heavy (non-hydrogen) atoms. The van der Waals surface area contributed by atoms with Crippen LogP contribution in [0, 0.1) is 0 Å². The fourth-order valence-corrected chi connectivity index (χ4v) is 4.03. The number of fused-ring (bicyclic) bond motifs is 3. The predicted octanol–water partition coefficient (Wildman–Crippen LogP) is 5.80. The Morgan fingerprint density at radius 2 is 1.65 bits per heavy atom. The van der Waals surface area contributed by atoms with E-state index in [1.165, 1.54) is 0 Å². The first kappa shape index (κ1) is 19.6. The number of nitrogens with zero attached hydrogens (tertiary/aromatic N) is 2. The van der Waals surface area contributed by atoms with E-state index in [9.17, 15) is 13.2 Å². The molecule has 2 aromatic heterocycles. The summed E-state index contributed by atoms with van der Waals surface area (Å²) in [5.74, 6) is -0.346. The third kappa shape index (κ3) is 3.23. The molecule has 0 bridgehead atoms. The molecular formula is C23H18F3N3O2. The molecule has 8 heteroatoms. The number of rotatable bonds is 3. The van der Waals surface area contributed by atoms with Gasteiger partial charge in [-0.25, -0.2) is 0 Å². The molecule has 0 aliphatic heterocycles. The van der Waals surface area contributed by atoms with Gasteiger partial charge in [-0.1, -0.05) is 58.8 Å². The number of halogens is 3. The zero-order chi connectivity index (χ0) is 21.8. The van der Waals surface area contributed by atoms with Crippen LogP contribution in [0.1, 0.15) is 35.2 Å². The Bertz CT molecular complexity index is 1260. The van der Waals surface area contributed by atoms with Crippen molar-refractivity contribution in [1.82, 2.24) is 10.3 Å². The molecule has 0 spiro atoms. The molecule has 0 radical (unpaired) electrons. The molecule has 1 aliphatic rings. The minimum Gasteiger partial charge on any atom is -0.355 e. The van der Waals surface area contributed by atoms with Crippen LogP contribution in [0.25, 0.3) is 34.0 Å². The molecule has 2 aromatic carbocycles. The van der Waals surface area contributed by atoms with Gasteiger partial charge in [0.2, 0.25) is 0 Å². The summed E-state index contributed by atoms with van der Waals surface area (Å²) in [6, 6.07) is 13.8. The number of hydrogen-bond donors (Lipinski definition) is 1. The third-order valence-corrected chi connectivity index (χ3v) is 5.57. The van der Waals surface area contributed by atoms with Crippen molar-refractivity contribution in [3.05, 3.63) is 70.8 Å². The van der Waals surface area contributed by atoms with Crippen LogP contribution in [0.4, 0.5) is 13.2 Å². The van der Waals surface area contributed by atoms with E-state index >= 15 is 0 Å². The van der Waals surface area contributed by atoms with Gasteiger partial charge in [0.05, 0.1) is 0 Å². The SMILES string of the molecule is CC(N)c1ccc2c(c1)CCc1c-2noc1-c1noc(-c2ccccc2)c1C(F)(F)F. The molecule has 4 aromatic rings. The Labute approximate surface area is 175 Å². The maximum absolute atomic E-state index is 14.0. The number of nitrogens with two attached hydrogens (primary N) is 1. The second-order valence-corrected chi connectivity index (χ2v) is 7.64. The standard InChI is InChI=1S/C23H18F3N3O2/c1-12(27)14-7-9-16-15(11-14)8-10-17-19(16)28-31-22(17)20-18(23(24,25)26)21(30-29-20)13-5-3-2-4-6-13/h2-7,9,11-12H,8,10,27H2,1H3. The van der Waals surface area contributed by atoms with Crippen LogP contribution in [0.15, 0.2) is 57.6 Å². The van der Waals surface area contributed by atoms with Crippen molar-refractivity contribution in [2.24, 2.45) is 5.73 Å². The Kier molecular flexibility index (Phi) is 4.48. The predicted molar refractivity (Wildman–Crippen MR) is 108 cm³/mol. The molecule has 0 saturated heterocycles. The molecule has 5 rings (SSSR count). The highest BCUT2D eigenvalue weighted by Crippen LogP contribution is 2.46. The smallest absolute Gasteiger partial charge is 0.355 e. The van der Waals surface area contributed by atoms with Crippen LogP contribution < -0.4 is 5.73 Å². The number of aromatic nitrogens is 2. The van der Waals surface area contributed by atoms with Crippen molar-refractivity contribution in [3.63, 3.8) is 0 Å². The topological polar surface area (TPSA) is 78.1 Å². The van der Waals surface area contributed by atoms with Crippen molar-refractivity contribution >= 4 is 0 Å². The molecule has 2 N–H and O–H groups in total. The highest BCUT2D eigenvalue weighted by atomic mass is 19.4. The van der Waals surface area contributed by atoms with Crippen LogP contribution in [0.2, 0.25) is 0 Å². The van der Waals surface area contributed by atoms with Crippen molar-refractivity contribution in [3.8, 4) is 34.0 Å². The maximum Gasteiger partial charge on any atom is 0.422 e. The number of aryl methyl sites for hydroxylation is 1. The van der Waals surface area contributed by atoms with E-state index in [0.717, 1.165) is 16.7 Å². The van der Waals surface area contributed by atoms with E-state index < -0.39 is 11.7 Å². The normalized spacial score (nSPS) is 14.2. The van der Waals surface area contributed by atoms with Crippen molar-refractivity contribution < 1.29 is 22.2 Å². The maximum atomic E-state index is 14.0. The fraction of sp³-hybridized carbons (Fsp3) is 0.217. The van der Waals surface area contributed by atoms with E-state index in [1.807, 2.05) is 25.1 Å². The highest BCUT2D eigenvalue weighted by Gasteiger charge is 2.43. The number of hydrogen-bond acceptors (Lipinski definition) is 5.